The maximum absolute atomic E-state index is 11.9. The van der Waals surface area contributed by atoms with Gasteiger partial charge in [-0.1, -0.05) is 11.8 Å². The van der Waals surface area contributed by atoms with E-state index in [1.807, 2.05) is 11.4 Å². The zero-order chi connectivity index (χ0) is 14.4. The van der Waals surface area contributed by atoms with Gasteiger partial charge in [0.2, 0.25) is 0 Å². The highest BCUT2D eigenvalue weighted by Gasteiger charge is 2.07. The number of nitrogens with two attached hydrogens (primary N) is 1. The van der Waals surface area contributed by atoms with Crippen LogP contribution in [0.5, 0.6) is 0 Å². The van der Waals surface area contributed by atoms with E-state index in [0.29, 0.717) is 18.7 Å². The fraction of sp³-hybridized carbons (Fsp3) is 0.214. The Bertz CT molecular complexity index is 651. The first-order chi connectivity index (χ1) is 9.69. The monoisotopic (exact) mass is 368 g/mol. The van der Waals surface area contributed by atoms with E-state index < -0.39 is 0 Å². The maximum Gasteiger partial charge on any atom is 0.252 e. The lowest BCUT2D eigenvalue weighted by molar-refractivity contribution is 0.0954. The Kier molecular flexibility index (Phi) is 5.80. The van der Waals surface area contributed by atoms with Crippen molar-refractivity contribution in [2.24, 2.45) is 5.73 Å². The van der Waals surface area contributed by atoms with E-state index in [2.05, 4.69) is 39.2 Å². The van der Waals surface area contributed by atoms with E-state index in [0.717, 1.165) is 15.1 Å². The van der Waals surface area contributed by atoms with Gasteiger partial charge in [-0.3, -0.25) is 4.79 Å². The number of carbonyl (C=O) groups excluding carboxylic acids is 1. The molecule has 0 radical (unpaired) electrons. The van der Waals surface area contributed by atoms with Gasteiger partial charge in [0.1, 0.15) is 0 Å². The van der Waals surface area contributed by atoms with Crippen LogP contribution in [0, 0.1) is 11.8 Å². The molecule has 0 saturated carbocycles. The number of amides is 1. The SMILES string of the molecule is NCC#Cc1cc(C(=O)NCCc2ccc(Br)s2)cs1. The third-order valence-corrected chi connectivity index (χ3v) is 4.99. The molecule has 0 aliphatic carbocycles. The molecule has 2 rings (SSSR count). The van der Waals surface area contributed by atoms with Gasteiger partial charge in [0.15, 0.2) is 0 Å². The van der Waals surface area contributed by atoms with Crippen molar-refractivity contribution in [2.45, 2.75) is 6.42 Å². The molecule has 1 amide bonds. The second-order valence-corrected chi connectivity index (χ2v) is 7.38. The predicted octanol–water partition coefficient (Wildman–Crippen LogP) is 2.85. The van der Waals surface area contributed by atoms with Gasteiger partial charge in [-0.2, -0.15) is 0 Å². The molecule has 6 heteroatoms. The van der Waals surface area contributed by atoms with Crippen LogP contribution in [0.4, 0.5) is 0 Å². The minimum atomic E-state index is -0.0577. The minimum Gasteiger partial charge on any atom is -0.352 e. The van der Waals surface area contributed by atoms with Crippen LogP contribution in [-0.2, 0) is 6.42 Å². The Labute approximate surface area is 134 Å². The van der Waals surface area contributed by atoms with Crippen molar-refractivity contribution in [2.75, 3.05) is 13.1 Å². The van der Waals surface area contributed by atoms with Crippen LogP contribution < -0.4 is 11.1 Å². The molecule has 0 aliphatic heterocycles. The molecule has 104 valence electrons. The lowest BCUT2D eigenvalue weighted by atomic mass is 10.2. The molecule has 2 heterocycles. The van der Waals surface area contributed by atoms with Gasteiger partial charge >= 0.3 is 0 Å². The van der Waals surface area contributed by atoms with E-state index in [4.69, 9.17) is 5.73 Å². The average Bonchev–Trinajstić information content (AvgIpc) is 3.05. The molecule has 0 fully saturated rings. The number of hydrogen-bond donors (Lipinski definition) is 2. The van der Waals surface area contributed by atoms with Crippen molar-refractivity contribution >= 4 is 44.5 Å². The molecular formula is C14H13BrN2OS2. The Morgan fingerprint density at radius 2 is 2.30 bits per heavy atom. The first kappa shape index (κ1) is 15.3. The summed E-state index contributed by atoms with van der Waals surface area (Å²) in [5.74, 6) is 5.64. The van der Waals surface area contributed by atoms with Gasteiger partial charge in [0.05, 0.1) is 20.8 Å². The molecule has 2 aromatic heterocycles. The number of thiophene rings is 2. The predicted molar refractivity (Wildman–Crippen MR) is 88.3 cm³/mol. The van der Waals surface area contributed by atoms with Crippen molar-refractivity contribution in [3.05, 3.63) is 42.7 Å². The van der Waals surface area contributed by atoms with Crippen molar-refractivity contribution in [1.82, 2.24) is 5.32 Å². The van der Waals surface area contributed by atoms with E-state index in [-0.39, 0.29) is 5.91 Å². The second-order valence-electron chi connectivity index (χ2n) is 3.92. The summed E-state index contributed by atoms with van der Waals surface area (Å²) in [6.07, 6.45) is 0.839. The molecular weight excluding hydrogens is 356 g/mol. The molecule has 0 spiro atoms. The van der Waals surface area contributed by atoms with Gasteiger partial charge in [-0.25, -0.2) is 0 Å². The number of hydrogen-bond acceptors (Lipinski definition) is 4. The van der Waals surface area contributed by atoms with Crippen LogP contribution >= 0.6 is 38.6 Å². The highest BCUT2D eigenvalue weighted by molar-refractivity contribution is 9.11. The molecule has 0 aliphatic rings. The maximum atomic E-state index is 11.9. The Morgan fingerprint density at radius 3 is 3.00 bits per heavy atom. The van der Waals surface area contributed by atoms with E-state index in [1.54, 1.807) is 17.4 Å². The van der Waals surface area contributed by atoms with Gasteiger partial charge in [0.25, 0.3) is 5.91 Å². The van der Waals surface area contributed by atoms with Gasteiger partial charge < -0.3 is 11.1 Å². The zero-order valence-corrected chi connectivity index (χ0v) is 13.8. The molecule has 3 nitrogen and oxygen atoms in total. The average molecular weight is 369 g/mol. The van der Waals surface area contributed by atoms with Crippen LogP contribution in [0.3, 0.4) is 0 Å². The zero-order valence-electron chi connectivity index (χ0n) is 10.6. The van der Waals surface area contributed by atoms with E-state index >= 15 is 0 Å². The van der Waals surface area contributed by atoms with Crippen molar-refractivity contribution in [1.29, 1.82) is 0 Å². The Morgan fingerprint density at radius 1 is 1.45 bits per heavy atom. The molecule has 3 N–H and O–H groups in total. The number of rotatable bonds is 4. The molecule has 0 bridgehead atoms. The third kappa shape index (κ3) is 4.46. The molecule has 0 unspecified atom stereocenters. The highest BCUT2D eigenvalue weighted by Crippen LogP contribution is 2.22. The molecule has 0 aromatic carbocycles. The summed E-state index contributed by atoms with van der Waals surface area (Å²) in [5, 5.41) is 4.73. The summed E-state index contributed by atoms with van der Waals surface area (Å²) in [6, 6.07) is 5.87. The molecule has 2 aromatic rings. The van der Waals surface area contributed by atoms with E-state index in [1.165, 1.54) is 16.2 Å². The minimum absolute atomic E-state index is 0.0577. The molecule has 20 heavy (non-hydrogen) atoms. The van der Waals surface area contributed by atoms with Gasteiger partial charge in [0, 0.05) is 16.8 Å². The second kappa shape index (κ2) is 7.60. The topological polar surface area (TPSA) is 55.1 Å². The smallest absolute Gasteiger partial charge is 0.252 e. The summed E-state index contributed by atoms with van der Waals surface area (Å²) in [4.78, 5) is 14.1. The lowest BCUT2D eigenvalue weighted by Gasteiger charge is -2.01. The summed E-state index contributed by atoms with van der Waals surface area (Å²) in [6.45, 7) is 0.960. The van der Waals surface area contributed by atoms with Crippen LogP contribution in [0.15, 0.2) is 27.4 Å². The Balaban J connectivity index is 1.84. The van der Waals surface area contributed by atoms with Crippen LogP contribution in [-0.4, -0.2) is 19.0 Å². The summed E-state index contributed by atoms with van der Waals surface area (Å²) in [7, 11) is 0. The summed E-state index contributed by atoms with van der Waals surface area (Å²) < 4.78 is 1.11. The quantitative estimate of drug-likeness (QED) is 0.815. The lowest BCUT2D eigenvalue weighted by Crippen LogP contribution is -2.24. The fourth-order valence-electron chi connectivity index (χ4n) is 1.55. The summed E-state index contributed by atoms with van der Waals surface area (Å²) in [5.41, 5.74) is 5.97. The van der Waals surface area contributed by atoms with E-state index in [9.17, 15) is 4.79 Å². The van der Waals surface area contributed by atoms with Gasteiger partial charge in [-0.05, 0) is 40.5 Å². The first-order valence-electron chi connectivity index (χ1n) is 5.99. The summed E-state index contributed by atoms with van der Waals surface area (Å²) >= 11 is 6.57. The Hall–Kier alpha value is -1.13. The third-order valence-electron chi connectivity index (χ3n) is 2.46. The fourth-order valence-corrected chi connectivity index (χ4v) is 3.78. The van der Waals surface area contributed by atoms with Crippen LogP contribution in [0.2, 0.25) is 0 Å². The van der Waals surface area contributed by atoms with Crippen LogP contribution in [0.25, 0.3) is 0 Å². The van der Waals surface area contributed by atoms with Crippen molar-refractivity contribution in [3.8, 4) is 11.8 Å². The van der Waals surface area contributed by atoms with Gasteiger partial charge in [-0.15, -0.1) is 22.7 Å². The largest absolute Gasteiger partial charge is 0.352 e. The number of nitrogens with one attached hydrogen (secondary N) is 1. The van der Waals surface area contributed by atoms with Crippen molar-refractivity contribution in [3.63, 3.8) is 0 Å². The molecule has 0 atom stereocenters. The number of carbonyl (C=O) groups is 1. The normalized spacial score (nSPS) is 9.90. The highest BCUT2D eigenvalue weighted by atomic mass is 79.9. The standard InChI is InChI=1S/C14H13BrN2OS2/c15-13-4-3-11(20-13)5-7-17-14(18)10-8-12(19-9-10)2-1-6-16/h3-4,8-9H,5-7,16H2,(H,17,18). The molecule has 0 saturated heterocycles. The number of halogens is 1. The first-order valence-corrected chi connectivity index (χ1v) is 8.48. The van der Waals surface area contributed by atoms with Crippen molar-refractivity contribution < 1.29 is 4.79 Å². The van der Waals surface area contributed by atoms with Crippen LogP contribution in [0.1, 0.15) is 20.1 Å².